The number of hydrogen-bond acceptors (Lipinski definition) is 2. The van der Waals surface area contributed by atoms with Crippen LogP contribution in [0, 0.1) is 5.82 Å². The summed E-state index contributed by atoms with van der Waals surface area (Å²) in [6.45, 7) is 7.48. The SMILES string of the molecule is C[C@H](N[S@+]([O-])C(C)(C)C)c1ccc(Cl)c(F)c1. The quantitative estimate of drug-likeness (QED) is 0.857. The molecule has 0 bridgehead atoms. The normalized spacial score (nSPS) is 15.7. The van der Waals surface area contributed by atoms with Gasteiger partial charge in [0.2, 0.25) is 0 Å². The summed E-state index contributed by atoms with van der Waals surface area (Å²) in [5.41, 5.74) is 0.726. The Balaban J connectivity index is 2.76. The molecule has 1 rings (SSSR count). The first-order chi connectivity index (χ1) is 7.71. The Hall–Kier alpha value is -0.290. The zero-order valence-electron chi connectivity index (χ0n) is 10.4. The third-order valence-electron chi connectivity index (χ3n) is 2.28. The predicted octanol–water partition coefficient (Wildman–Crippen LogP) is 3.59. The predicted molar refractivity (Wildman–Crippen MR) is 70.9 cm³/mol. The largest absolute Gasteiger partial charge is 0.598 e. The van der Waals surface area contributed by atoms with E-state index in [2.05, 4.69) is 4.72 Å². The third kappa shape index (κ3) is 4.14. The fourth-order valence-corrected chi connectivity index (χ4v) is 2.12. The van der Waals surface area contributed by atoms with Crippen LogP contribution in [0.15, 0.2) is 18.2 Å². The van der Waals surface area contributed by atoms with E-state index in [-0.39, 0.29) is 15.8 Å². The van der Waals surface area contributed by atoms with Crippen LogP contribution in [0.3, 0.4) is 0 Å². The van der Waals surface area contributed by atoms with Crippen LogP contribution < -0.4 is 4.72 Å². The molecule has 0 aromatic heterocycles. The highest BCUT2D eigenvalue weighted by Crippen LogP contribution is 2.22. The first-order valence-electron chi connectivity index (χ1n) is 5.35. The summed E-state index contributed by atoms with van der Waals surface area (Å²) in [6.07, 6.45) is 0. The lowest BCUT2D eigenvalue weighted by Gasteiger charge is -2.26. The summed E-state index contributed by atoms with van der Waals surface area (Å²) in [5.74, 6) is -0.459. The van der Waals surface area contributed by atoms with Crippen LogP contribution in [0.2, 0.25) is 5.02 Å². The van der Waals surface area contributed by atoms with Crippen LogP contribution in [-0.2, 0) is 11.4 Å². The van der Waals surface area contributed by atoms with Crippen molar-refractivity contribution in [3.8, 4) is 0 Å². The molecule has 0 amide bonds. The highest BCUT2D eigenvalue weighted by atomic mass is 35.5. The molecular weight excluding hydrogens is 261 g/mol. The van der Waals surface area contributed by atoms with Gasteiger partial charge in [-0.05, 0) is 45.4 Å². The molecule has 0 saturated carbocycles. The van der Waals surface area contributed by atoms with Gasteiger partial charge >= 0.3 is 0 Å². The number of halogens is 2. The summed E-state index contributed by atoms with van der Waals surface area (Å²) in [4.78, 5) is 0. The number of benzene rings is 1. The zero-order chi connectivity index (χ0) is 13.2. The number of rotatable bonds is 3. The van der Waals surface area contributed by atoms with E-state index in [1.807, 2.05) is 27.7 Å². The molecule has 96 valence electrons. The van der Waals surface area contributed by atoms with Crippen molar-refractivity contribution >= 4 is 23.0 Å². The van der Waals surface area contributed by atoms with Crippen LogP contribution >= 0.6 is 11.6 Å². The van der Waals surface area contributed by atoms with Crippen LogP contribution in [0.5, 0.6) is 0 Å². The number of hydrogen-bond donors (Lipinski definition) is 1. The molecule has 17 heavy (non-hydrogen) atoms. The van der Waals surface area contributed by atoms with Crippen LogP contribution in [0.25, 0.3) is 0 Å². The van der Waals surface area contributed by atoms with Crippen molar-refractivity contribution in [1.29, 1.82) is 0 Å². The van der Waals surface area contributed by atoms with Gasteiger partial charge in [0.1, 0.15) is 10.6 Å². The molecule has 0 heterocycles. The van der Waals surface area contributed by atoms with Gasteiger partial charge in [-0.25, -0.2) is 4.39 Å². The molecule has 1 aromatic rings. The van der Waals surface area contributed by atoms with Gasteiger partial charge in [0.25, 0.3) is 0 Å². The Morgan fingerprint density at radius 2 is 2.00 bits per heavy atom. The van der Waals surface area contributed by atoms with Gasteiger partial charge < -0.3 is 4.55 Å². The monoisotopic (exact) mass is 277 g/mol. The second kappa shape index (κ2) is 5.57. The van der Waals surface area contributed by atoms with E-state index in [1.165, 1.54) is 12.1 Å². The smallest absolute Gasteiger partial charge is 0.142 e. The molecule has 1 N–H and O–H groups in total. The molecule has 5 heteroatoms. The Kier molecular flexibility index (Phi) is 4.84. The van der Waals surface area contributed by atoms with Gasteiger partial charge in [-0.1, -0.05) is 17.7 Å². The fraction of sp³-hybridized carbons (Fsp3) is 0.500. The molecule has 0 saturated heterocycles. The van der Waals surface area contributed by atoms with E-state index >= 15 is 0 Å². The minimum atomic E-state index is -1.19. The van der Waals surface area contributed by atoms with Gasteiger partial charge in [0.05, 0.1) is 11.1 Å². The molecule has 2 nitrogen and oxygen atoms in total. The number of nitrogens with one attached hydrogen (secondary N) is 1. The molecule has 0 unspecified atom stereocenters. The third-order valence-corrected chi connectivity index (χ3v) is 4.27. The van der Waals surface area contributed by atoms with Gasteiger partial charge in [-0.2, -0.15) is 0 Å². The first-order valence-corrected chi connectivity index (χ1v) is 6.87. The topological polar surface area (TPSA) is 35.1 Å². The molecule has 0 radical (unpaired) electrons. The molecular formula is C12H17ClFNOS. The lowest BCUT2D eigenvalue weighted by Crippen LogP contribution is -2.40. The average molecular weight is 278 g/mol. The Labute approximate surface area is 110 Å². The Morgan fingerprint density at radius 3 is 2.47 bits per heavy atom. The lowest BCUT2D eigenvalue weighted by atomic mass is 10.1. The summed E-state index contributed by atoms with van der Waals surface area (Å²) < 4.78 is 27.8. The Morgan fingerprint density at radius 1 is 1.41 bits per heavy atom. The highest BCUT2D eigenvalue weighted by molar-refractivity contribution is 7.90. The summed E-state index contributed by atoms with van der Waals surface area (Å²) in [5, 5.41) is 0.0953. The summed E-state index contributed by atoms with van der Waals surface area (Å²) in [6, 6.07) is 4.40. The minimum absolute atomic E-state index is 0.0953. The summed E-state index contributed by atoms with van der Waals surface area (Å²) >= 11 is 4.42. The molecule has 1 aromatic carbocycles. The van der Waals surface area contributed by atoms with Crippen molar-refractivity contribution in [2.45, 2.75) is 38.5 Å². The maximum absolute atomic E-state index is 13.3. The maximum atomic E-state index is 13.3. The van der Waals surface area contributed by atoms with E-state index in [4.69, 9.17) is 11.6 Å². The van der Waals surface area contributed by atoms with Crippen molar-refractivity contribution in [1.82, 2.24) is 4.72 Å². The van der Waals surface area contributed by atoms with Gasteiger partial charge in [-0.3, -0.25) is 0 Å². The fourth-order valence-electron chi connectivity index (χ4n) is 1.19. The van der Waals surface area contributed by atoms with Crippen molar-refractivity contribution < 1.29 is 8.94 Å². The van der Waals surface area contributed by atoms with Gasteiger partial charge in [0, 0.05) is 11.4 Å². The van der Waals surface area contributed by atoms with Gasteiger partial charge in [-0.15, -0.1) is 4.72 Å². The van der Waals surface area contributed by atoms with Crippen molar-refractivity contribution in [3.05, 3.63) is 34.6 Å². The summed E-state index contributed by atoms with van der Waals surface area (Å²) in [7, 11) is 0. The van der Waals surface area contributed by atoms with E-state index in [0.29, 0.717) is 0 Å². The van der Waals surface area contributed by atoms with E-state index in [9.17, 15) is 8.94 Å². The van der Waals surface area contributed by atoms with Crippen molar-refractivity contribution in [3.63, 3.8) is 0 Å². The first kappa shape index (κ1) is 14.8. The highest BCUT2D eigenvalue weighted by Gasteiger charge is 2.28. The van der Waals surface area contributed by atoms with Crippen LogP contribution in [0.4, 0.5) is 4.39 Å². The average Bonchev–Trinajstić information content (AvgIpc) is 2.20. The molecule has 2 atom stereocenters. The Bertz CT molecular complexity index is 395. The lowest BCUT2D eigenvalue weighted by molar-refractivity contribution is 0.530. The molecule has 0 fully saturated rings. The molecule has 0 aliphatic heterocycles. The maximum Gasteiger partial charge on any atom is 0.142 e. The second-order valence-corrected chi connectivity index (χ2v) is 7.30. The molecule has 0 aliphatic carbocycles. The van der Waals surface area contributed by atoms with E-state index in [0.717, 1.165) is 5.56 Å². The standard InChI is InChI=1S/C12H17ClFNOS/c1-8(15-17(16)12(2,3)4)9-5-6-10(13)11(14)7-9/h5-8,15H,1-4H3/t8-,17+/m0/s1. The molecule has 0 aliphatic rings. The van der Waals surface area contributed by atoms with E-state index in [1.54, 1.807) is 6.07 Å². The van der Waals surface area contributed by atoms with Crippen molar-refractivity contribution in [2.24, 2.45) is 0 Å². The van der Waals surface area contributed by atoms with Crippen molar-refractivity contribution in [2.75, 3.05) is 0 Å². The minimum Gasteiger partial charge on any atom is -0.598 e. The van der Waals surface area contributed by atoms with Gasteiger partial charge in [0.15, 0.2) is 0 Å². The molecule has 0 spiro atoms. The van der Waals surface area contributed by atoms with Crippen LogP contribution in [0.1, 0.15) is 39.3 Å². The second-order valence-electron chi connectivity index (χ2n) is 4.89. The van der Waals surface area contributed by atoms with Crippen LogP contribution in [-0.4, -0.2) is 9.30 Å². The zero-order valence-corrected chi connectivity index (χ0v) is 12.0. The van der Waals surface area contributed by atoms with E-state index < -0.39 is 17.2 Å².